The molecule has 2 atom stereocenters. The molecule has 1 unspecified atom stereocenters. The van der Waals surface area contributed by atoms with Crippen molar-refractivity contribution in [2.45, 2.75) is 24.9 Å². The zero-order chi connectivity index (χ0) is 17.5. The molecule has 0 spiro atoms. The quantitative estimate of drug-likeness (QED) is 0.312. The third-order valence-corrected chi connectivity index (χ3v) is 4.61. The molecule has 0 aromatic heterocycles. The summed E-state index contributed by atoms with van der Waals surface area (Å²) >= 11 is 0. The summed E-state index contributed by atoms with van der Waals surface area (Å²) in [6, 6.07) is -2.26. The highest BCUT2D eigenvalue weighted by atomic mass is 32.3. The maximum absolute atomic E-state index is 12.2. The van der Waals surface area contributed by atoms with Gasteiger partial charge in [0.2, 0.25) is 5.91 Å². The molecule has 3 saturated heterocycles. The van der Waals surface area contributed by atoms with Gasteiger partial charge in [-0.15, -0.1) is 4.28 Å². The summed E-state index contributed by atoms with van der Waals surface area (Å²) in [5.41, 5.74) is 4.59. The summed E-state index contributed by atoms with van der Waals surface area (Å²) < 4.78 is 34.6. The van der Waals surface area contributed by atoms with Gasteiger partial charge in [-0.05, 0) is 12.8 Å². The number of hydrogen-bond acceptors (Lipinski definition) is 7. The van der Waals surface area contributed by atoms with Crippen LogP contribution >= 0.6 is 0 Å². The number of nitrogens with zero attached hydrogens (tertiary/aromatic N) is 2. The van der Waals surface area contributed by atoms with Crippen molar-refractivity contribution in [2.75, 3.05) is 19.6 Å². The molecular formula is C11H17N5O7S. The maximum atomic E-state index is 12.2. The van der Waals surface area contributed by atoms with Crippen LogP contribution in [0.5, 0.6) is 0 Å². The van der Waals surface area contributed by atoms with Gasteiger partial charge in [-0.3, -0.25) is 25.0 Å². The van der Waals surface area contributed by atoms with E-state index in [1.54, 1.807) is 0 Å². The van der Waals surface area contributed by atoms with Crippen LogP contribution in [0.2, 0.25) is 0 Å². The van der Waals surface area contributed by atoms with E-state index in [-0.39, 0.29) is 24.8 Å². The van der Waals surface area contributed by atoms with Gasteiger partial charge in [0.15, 0.2) is 0 Å². The summed E-state index contributed by atoms with van der Waals surface area (Å²) in [6.07, 6.45) is 0.588. The standard InChI is InChI=1S/C11H17N5O7S/c17-9(6-3-12-4-6)13-14-10(18)8-2-1-7-5-15(8)11(19)16(7)23-24(20,21)22/h6-8,12H,1-5H2,(H,13,17)(H,14,18)(H,20,21,22)/t7?,8-/m0/s1. The molecule has 13 heteroatoms. The molecule has 3 aliphatic rings. The average molecular weight is 363 g/mol. The fourth-order valence-electron chi connectivity index (χ4n) is 2.89. The number of nitrogens with one attached hydrogen (secondary N) is 3. The van der Waals surface area contributed by atoms with Crippen LogP contribution in [0.4, 0.5) is 4.79 Å². The number of rotatable bonds is 4. The molecule has 0 aliphatic carbocycles. The van der Waals surface area contributed by atoms with E-state index in [1.807, 2.05) is 0 Å². The Kier molecular flexibility index (Phi) is 4.33. The number of fused-ring (bicyclic) bond motifs is 2. The summed E-state index contributed by atoms with van der Waals surface area (Å²) in [7, 11) is -4.83. The largest absolute Gasteiger partial charge is 0.418 e. The van der Waals surface area contributed by atoms with E-state index < -0.39 is 34.4 Å². The predicted octanol–water partition coefficient (Wildman–Crippen LogP) is -2.64. The van der Waals surface area contributed by atoms with Crippen LogP contribution in [0.15, 0.2) is 0 Å². The highest BCUT2D eigenvalue weighted by Gasteiger charge is 2.49. The first-order valence-corrected chi connectivity index (χ1v) is 8.70. The fourth-order valence-corrected chi connectivity index (χ4v) is 3.28. The van der Waals surface area contributed by atoms with E-state index >= 15 is 0 Å². The number of amides is 4. The number of carbonyl (C=O) groups is 3. The highest BCUT2D eigenvalue weighted by Crippen LogP contribution is 2.30. The minimum absolute atomic E-state index is 0.0902. The Hall–Kier alpha value is -1.96. The average Bonchev–Trinajstić information content (AvgIpc) is 2.67. The fraction of sp³-hybridized carbons (Fsp3) is 0.727. The summed E-state index contributed by atoms with van der Waals surface area (Å²) in [6.45, 7) is 1.17. The molecule has 12 nitrogen and oxygen atoms in total. The smallest absolute Gasteiger partial charge is 0.315 e. The molecule has 3 heterocycles. The number of carbonyl (C=O) groups excluding carboxylic acids is 3. The van der Waals surface area contributed by atoms with E-state index in [2.05, 4.69) is 20.5 Å². The van der Waals surface area contributed by atoms with E-state index in [1.165, 1.54) is 0 Å². The van der Waals surface area contributed by atoms with Crippen LogP contribution in [0.1, 0.15) is 12.8 Å². The van der Waals surface area contributed by atoms with Crippen LogP contribution in [0.3, 0.4) is 0 Å². The molecular weight excluding hydrogens is 346 g/mol. The van der Waals surface area contributed by atoms with Gasteiger partial charge < -0.3 is 10.2 Å². The summed E-state index contributed by atoms with van der Waals surface area (Å²) in [5, 5.41) is 3.49. The zero-order valence-corrected chi connectivity index (χ0v) is 13.3. The predicted molar refractivity (Wildman–Crippen MR) is 76.0 cm³/mol. The lowest BCUT2D eigenvalue weighted by atomic mass is 10.0. The third-order valence-electron chi connectivity index (χ3n) is 4.26. The van der Waals surface area contributed by atoms with Crippen molar-refractivity contribution in [1.29, 1.82) is 0 Å². The number of piperidine rings is 1. The molecule has 0 saturated carbocycles. The second kappa shape index (κ2) is 6.16. The van der Waals surface area contributed by atoms with Crippen LogP contribution in [-0.2, 0) is 24.3 Å². The lowest BCUT2D eigenvalue weighted by molar-refractivity contribution is -0.134. The molecule has 3 fully saturated rings. The molecule has 3 rings (SSSR count). The van der Waals surface area contributed by atoms with E-state index in [0.29, 0.717) is 24.6 Å². The molecule has 24 heavy (non-hydrogen) atoms. The molecule has 134 valence electrons. The van der Waals surface area contributed by atoms with Gasteiger partial charge in [0.25, 0.3) is 5.91 Å². The Labute approximate surface area is 137 Å². The van der Waals surface area contributed by atoms with Gasteiger partial charge in [0, 0.05) is 19.6 Å². The van der Waals surface area contributed by atoms with Crippen molar-refractivity contribution in [3.8, 4) is 0 Å². The third kappa shape index (κ3) is 3.28. The maximum Gasteiger partial charge on any atom is 0.418 e. The van der Waals surface area contributed by atoms with Crippen molar-refractivity contribution >= 4 is 28.2 Å². The topological polar surface area (TPSA) is 157 Å². The first-order valence-electron chi connectivity index (χ1n) is 7.33. The highest BCUT2D eigenvalue weighted by molar-refractivity contribution is 7.80. The summed E-state index contributed by atoms with van der Waals surface area (Å²) in [5.74, 6) is -1.09. The number of urea groups is 1. The Balaban J connectivity index is 1.58. The molecule has 0 aromatic rings. The van der Waals surface area contributed by atoms with Gasteiger partial charge in [-0.25, -0.2) is 4.79 Å². The normalized spacial score (nSPS) is 27.0. The number of hydrogen-bond donors (Lipinski definition) is 4. The molecule has 2 bridgehead atoms. The van der Waals surface area contributed by atoms with Crippen LogP contribution in [0, 0.1) is 5.92 Å². The molecule has 0 radical (unpaired) electrons. The van der Waals surface area contributed by atoms with Crippen LogP contribution in [-0.4, -0.2) is 72.5 Å². The van der Waals surface area contributed by atoms with Crippen LogP contribution < -0.4 is 16.2 Å². The number of hydrazine groups is 1. The van der Waals surface area contributed by atoms with Crippen molar-refractivity contribution in [3.63, 3.8) is 0 Å². The molecule has 4 N–H and O–H groups in total. The summed E-state index contributed by atoms with van der Waals surface area (Å²) in [4.78, 5) is 37.2. The Morgan fingerprint density at radius 1 is 1.21 bits per heavy atom. The lowest BCUT2D eigenvalue weighted by Gasteiger charge is -2.30. The zero-order valence-electron chi connectivity index (χ0n) is 12.5. The minimum Gasteiger partial charge on any atom is -0.315 e. The van der Waals surface area contributed by atoms with E-state index in [9.17, 15) is 22.8 Å². The lowest BCUT2D eigenvalue weighted by Crippen LogP contribution is -2.58. The molecule has 0 aromatic carbocycles. The van der Waals surface area contributed by atoms with E-state index in [0.717, 1.165) is 4.90 Å². The number of hydroxylamine groups is 2. The van der Waals surface area contributed by atoms with Crippen LogP contribution in [0.25, 0.3) is 0 Å². The molecule has 4 amide bonds. The van der Waals surface area contributed by atoms with E-state index in [4.69, 9.17) is 4.55 Å². The molecule has 3 aliphatic heterocycles. The van der Waals surface area contributed by atoms with Crippen molar-refractivity contribution < 1.29 is 31.6 Å². The van der Waals surface area contributed by atoms with Gasteiger partial charge >= 0.3 is 16.4 Å². The second-order valence-electron chi connectivity index (χ2n) is 5.84. The first-order chi connectivity index (χ1) is 11.3. The second-order valence-corrected chi connectivity index (χ2v) is 6.85. The first kappa shape index (κ1) is 16.9. The Bertz CT molecular complexity index is 664. The minimum atomic E-state index is -4.83. The van der Waals surface area contributed by atoms with Gasteiger partial charge in [0.05, 0.1) is 12.0 Å². The SMILES string of the molecule is O=C(NNC(=O)[C@@H]1CCC2CN1C(=O)N2OS(=O)(=O)O)C1CNC1. The van der Waals surface area contributed by atoms with Crippen molar-refractivity contribution in [3.05, 3.63) is 0 Å². The van der Waals surface area contributed by atoms with Gasteiger partial charge in [-0.1, -0.05) is 0 Å². The van der Waals surface area contributed by atoms with Gasteiger partial charge in [0.1, 0.15) is 6.04 Å². The Morgan fingerprint density at radius 3 is 2.46 bits per heavy atom. The monoisotopic (exact) mass is 363 g/mol. The van der Waals surface area contributed by atoms with Crippen molar-refractivity contribution in [2.24, 2.45) is 5.92 Å². The Morgan fingerprint density at radius 2 is 1.88 bits per heavy atom. The van der Waals surface area contributed by atoms with Crippen molar-refractivity contribution in [1.82, 2.24) is 26.1 Å². The van der Waals surface area contributed by atoms with Gasteiger partial charge in [-0.2, -0.15) is 13.5 Å².